The molecular formula is C17H15FN4O3. The van der Waals surface area contributed by atoms with Crippen molar-refractivity contribution in [3.05, 3.63) is 75.1 Å². The summed E-state index contributed by atoms with van der Waals surface area (Å²) in [4.78, 5) is 37.9. The lowest BCUT2D eigenvalue weighted by Crippen LogP contribution is -2.39. The van der Waals surface area contributed by atoms with Gasteiger partial charge in [-0.05, 0) is 30.3 Å². The molecule has 3 N–H and O–H groups in total. The van der Waals surface area contributed by atoms with E-state index in [2.05, 4.69) is 15.6 Å². The summed E-state index contributed by atoms with van der Waals surface area (Å²) >= 11 is 0. The standard InChI is InChI=1S/C17H15FN4O3/c18-11-6-7-14-13(10-11)21-15(23)16(24)22(14)9-8-19-17(25)20-12-4-2-1-3-5-12/h1-7,10H,8-9H2,(H,21,23)(H2,19,20,25). The fraction of sp³-hybridized carbons (Fsp3) is 0.118. The van der Waals surface area contributed by atoms with E-state index < -0.39 is 23.0 Å². The number of nitrogens with one attached hydrogen (secondary N) is 3. The number of anilines is 1. The number of urea groups is 1. The highest BCUT2D eigenvalue weighted by Gasteiger charge is 2.09. The maximum atomic E-state index is 13.3. The minimum absolute atomic E-state index is 0.0765. The van der Waals surface area contributed by atoms with Crippen LogP contribution in [0.2, 0.25) is 0 Å². The molecular weight excluding hydrogens is 327 g/mol. The summed E-state index contributed by atoms with van der Waals surface area (Å²) in [5.41, 5.74) is -0.361. The number of hydrogen-bond donors (Lipinski definition) is 3. The van der Waals surface area contributed by atoms with E-state index in [9.17, 15) is 18.8 Å². The van der Waals surface area contributed by atoms with Crippen LogP contribution in [0.4, 0.5) is 14.9 Å². The Morgan fingerprint density at radius 2 is 1.88 bits per heavy atom. The van der Waals surface area contributed by atoms with E-state index in [1.54, 1.807) is 24.3 Å². The third kappa shape index (κ3) is 3.74. The second-order valence-electron chi connectivity index (χ2n) is 5.32. The summed E-state index contributed by atoms with van der Waals surface area (Å²) in [7, 11) is 0. The average molecular weight is 342 g/mol. The van der Waals surface area contributed by atoms with Gasteiger partial charge in [0.15, 0.2) is 0 Å². The monoisotopic (exact) mass is 342 g/mol. The van der Waals surface area contributed by atoms with Crippen molar-refractivity contribution in [1.82, 2.24) is 14.9 Å². The summed E-state index contributed by atoms with van der Waals surface area (Å²) in [5.74, 6) is -0.520. The molecule has 0 saturated heterocycles. The Bertz CT molecular complexity index is 1030. The van der Waals surface area contributed by atoms with Crippen molar-refractivity contribution in [3.63, 3.8) is 0 Å². The van der Waals surface area contributed by atoms with Crippen LogP contribution < -0.4 is 21.8 Å². The van der Waals surface area contributed by atoms with E-state index in [0.717, 1.165) is 6.07 Å². The van der Waals surface area contributed by atoms with Gasteiger partial charge in [-0.1, -0.05) is 18.2 Å². The van der Waals surface area contributed by atoms with Gasteiger partial charge in [0.2, 0.25) is 0 Å². The number of carbonyl (C=O) groups is 1. The molecule has 0 spiro atoms. The molecule has 0 atom stereocenters. The Balaban J connectivity index is 1.73. The van der Waals surface area contributed by atoms with E-state index in [-0.39, 0.29) is 18.6 Å². The molecule has 2 amide bonds. The van der Waals surface area contributed by atoms with Crippen LogP contribution in [0.5, 0.6) is 0 Å². The average Bonchev–Trinajstić information content (AvgIpc) is 2.59. The second kappa shape index (κ2) is 7.00. The van der Waals surface area contributed by atoms with Gasteiger partial charge in [0.25, 0.3) is 0 Å². The lowest BCUT2D eigenvalue weighted by atomic mass is 10.3. The molecule has 0 saturated carbocycles. The first kappa shape index (κ1) is 16.4. The molecule has 0 radical (unpaired) electrons. The van der Waals surface area contributed by atoms with Gasteiger partial charge < -0.3 is 20.2 Å². The summed E-state index contributed by atoms with van der Waals surface area (Å²) in [5, 5.41) is 5.25. The molecule has 0 aliphatic heterocycles. The topological polar surface area (TPSA) is 96.0 Å². The number of para-hydroxylation sites is 1. The largest absolute Gasteiger partial charge is 0.336 e. The van der Waals surface area contributed by atoms with Crippen LogP contribution in [0.25, 0.3) is 11.0 Å². The number of H-pyrrole nitrogens is 1. The van der Waals surface area contributed by atoms with E-state index in [1.165, 1.54) is 16.7 Å². The lowest BCUT2D eigenvalue weighted by molar-refractivity contribution is 0.251. The number of nitrogens with zero attached hydrogens (tertiary/aromatic N) is 1. The minimum atomic E-state index is -0.841. The Hall–Kier alpha value is -3.42. The molecule has 8 heteroatoms. The minimum Gasteiger partial charge on any atom is -0.336 e. The third-order valence-corrected chi connectivity index (χ3v) is 3.59. The highest BCUT2D eigenvalue weighted by molar-refractivity contribution is 5.89. The first-order valence-corrected chi connectivity index (χ1v) is 7.57. The molecule has 3 rings (SSSR count). The van der Waals surface area contributed by atoms with Crippen molar-refractivity contribution < 1.29 is 9.18 Å². The Morgan fingerprint density at radius 1 is 1.12 bits per heavy atom. The molecule has 128 valence electrons. The zero-order valence-electron chi connectivity index (χ0n) is 13.1. The fourth-order valence-electron chi connectivity index (χ4n) is 2.45. The van der Waals surface area contributed by atoms with Crippen LogP contribution in [-0.2, 0) is 6.54 Å². The number of aromatic nitrogens is 2. The van der Waals surface area contributed by atoms with Crippen LogP contribution in [0, 0.1) is 5.82 Å². The fourth-order valence-corrected chi connectivity index (χ4v) is 2.45. The van der Waals surface area contributed by atoms with E-state index in [1.807, 2.05) is 6.07 Å². The highest BCUT2D eigenvalue weighted by atomic mass is 19.1. The molecule has 1 aromatic heterocycles. The van der Waals surface area contributed by atoms with E-state index >= 15 is 0 Å². The number of carbonyl (C=O) groups excluding carboxylic acids is 1. The van der Waals surface area contributed by atoms with Gasteiger partial charge >= 0.3 is 17.1 Å². The first-order chi connectivity index (χ1) is 12.0. The lowest BCUT2D eigenvalue weighted by Gasteiger charge is -2.11. The number of fused-ring (bicyclic) bond motifs is 1. The van der Waals surface area contributed by atoms with Gasteiger partial charge in [-0.15, -0.1) is 0 Å². The van der Waals surface area contributed by atoms with Gasteiger partial charge in [-0.2, -0.15) is 0 Å². The summed E-state index contributed by atoms with van der Waals surface area (Å²) in [6.07, 6.45) is 0. The summed E-state index contributed by atoms with van der Waals surface area (Å²) in [6, 6.07) is 12.2. The predicted molar refractivity (Wildman–Crippen MR) is 92.3 cm³/mol. The maximum Gasteiger partial charge on any atom is 0.319 e. The van der Waals surface area contributed by atoms with Crippen LogP contribution in [0.15, 0.2) is 58.1 Å². The normalized spacial score (nSPS) is 10.6. The Kier molecular flexibility index (Phi) is 4.60. The molecule has 2 aromatic carbocycles. The molecule has 0 fully saturated rings. The number of hydrogen-bond acceptors (Lipinski definition) is 3. The molecule has 7 nitrogen and oxygen atoms in total. The van der Waals surface area contributed by atoms with Crippen LogP contribution in [0.1, 0.15) is 0 Å². The molecule has 0 aliphatic rings. The van der Waals surface area contributed by atoms with Crippen LogP contribution in [0.3, 0.4) is 0 Å². The molecule has 0 unspecified atom stereocenters. The van der Waals surface area contributed by atoms with Crippen molar-refractivity contribution in [2.45, 2.75) is 6.54 Å². The molecule has 3 aromatic rings. The summed E-state index contributed by atoms with van der Waals surface area (Å²) in [6.45, 7) is 0.196. The van der Waals surface area contributed by atoms with Gasteiger partial charge in [0.05, 0.1) is 11.0 Å². The highest BCUT2D eigenvalue weighted by Crippen LogP contribution is 2.10. The number of benzene rings is 2. The van der Waals surface area contributed by atoms with E-state index in [0.29, 0.717) is 11.2 Å². The molecule has 0 bridgehead atoms. The first-order valence-electron chi connectivity index (χ1n) is 7.57. The van der Waals surface area contributed by atoms with E-state index in [4.69, 9.17) is 0 Å². The third-order valence-electron chi connectivity index (χ3n) is 3.59. The maximum absolute atomic E-state index is 13.3. The van der Waals surface area contributed by atoms with Gasteiger partial charge in [-0.25, -0.2) is 9.18 Å². The number of aromatic amines is 1. The molecule has 0 aliphatic carbocycles. The smallest absolute Gasteiger partial charge is 0.319 e. The van der Waals surface area contributed by atoms with Gasteiger partial charge in [-0.3, -0.25) is 9.59 Å². The number of halogens is 1. The quantitative estimate of drug-likeness (QED) is 0.629. The van der Waals surface area contributed by atoms with Crippen molar-refractivity contribution in [3.8, 4) is 0 Å². The van der Waals surface area contributed by atoms with Crippen molar-refractivity contribution >= 4 is 22.8 Å². The van der Waals surface area contributed by atoms with Gasteiger partial charge in [0.1, 0.15) is 5.82 Å². The van der Waals surface area contributed by atoms with Gasteiger partial charge in [0, 0.05) is 18.8 Å². The predicted octanol–water partition coefficient (Wildman–Crippen LogP) is 1.65. The van der Waals surface area contributed by atoms with Crippen LogP contribution in [-0.4, -0.2) is 22.1 Å². The number of amides is 2. The molecule has 1 heterocycles. The van der Waals surface area contributed by atoms with Crippen molar-refractivity contribution in [2.75, 3.05) is 11.9 Å². The zero-order valence-corrected chi connectivity index (χ0v) is 13.1. The summed E-state index contributed by atoms with van der Waals surface area (Å²) < 4.78 is 14.5. The van der Waals surface area contributed by atoms with Crippen LogP contribution >= 0.6 is 0 Å². The second-order valence-corrected chi connectivity index (χ2v) is 5.32. The number of rotatable bonds is 4. The van der Waals surface area contributed by atoms with Crippen molar-refractivity contribution in [1.29, 1.82) is 0 Å². The van der Waals surface area contributed by atoms with Crippen molar-refractivity contribution in [2.24, 2.45) is 0 Å². The molecule has 25 heavy (non-hydrogen) atoms. The Labute approximate surface area is 141 Å². The zero-order chi connectivity index (χ0) is 17.8. The Morgan fingerprint density at radius 3 is 2.64 bits per heavy atom. The SMILES string of the molecule is O=C(NCCn1c(=O)c(=O)[nH]c2cc(F)ccc21)Nc1ccccc1.